The van der Waals surface area contributed by atoms with E-state index in [0.717, 1.165) is 13.2 Å². The van der Waals surface area contributed by atoms with Gasteiger partial charge in [0.2, 0.25) is 0 Å². The third kappa shape index (κ3) is 8.26. The monoisotopic (exact) mass is 187 g/mol. The summed E-state index contributed by atoms with van der Waals surface area (Å²) in [7, 11) is 1.78. The Balaban J connectivity index is 3.68. The molecule has 0 saturated heterocycles. The first-order chi connectivity index (χ1) is 5.99. The molecule has 0 bridgehead atoms. The van der Waals surface area contributed by atoms with Crippen molar-refractivity contribution in [3.63, 3.8) is 0 Å². The average Bonchev–Trinajstić information content (AvgIpc) is 2.00. The van der Waals surface area contributed by atoms with Gasteiger partial charge < -0.3 is 10.1 Å². The molecule has 0 spiro atoms. The van der Waals surface area contributed by atoms with E-state index in [1.54, 1.807) is 7.11 Å². The lowest BCUT2D eigenvalue weighted by Crippen LogP contribution is -2.40. The first-order valence-corrected chi connectivity index (χ1v) is 5.23. The number of hydrogen-bond donors (Lipinski definition) is 1. The number of hydrogen-bond acceptors (Lipinski definition) is 2. The Morgan fingerprint density at radius 1 is 1.31 bits per heavy atom. The largest absolute Gasteiger partial charge is 0.384 e. The van der Waals surface area contributed by atoms with Gasteiger partial charge in [0.05, 0.1) is 6.61 Å². The van der Waals surface area contributed by atoms with Gasteiger partial charge >= 0.3 is 0 Å². The molecule has 13 heavy (non-hydrogen) atoms. The fraction of sp³-hybridized carbons (Fsp3) is 1.00. The van der Waals surface area contributed by atoms with Gasteiger partial charge in [0.25, 0.3) is 0 Å². The molecule has 0 aromatic rings. The van der Waals surface area contributed by atoms with Crippen LogP contribution in [0.1, 0.15) is 40.5 Å². The highest BCUT2D eigenvalue weighted by Crippen LogP contribution is 2.08. The maximum absolute atomic E-state index is 5.18. The van der Waals surface area contributed by atoms with Crippen LogP contribution in [0.4, 0.5) is 0 Å². The molecule has 80 valence electrons. The van der Waals surface area contributed by atoms with Crippen molar-refractivity contribution in [3.8, 4) is 0 Å². The van der Waals surface area contributed by atoms with Crippen LogP contribution >= 0.6 is 0 Å². The third-order valence-electron chi connectivity index (χ3n) is 2.02. The number of nitrogens with one attached hydrogen (secondary N) is 1. The zero-order valence-electron chi connectivity index (χ0n) is 9.81. The van der Waals surface area contributed by atoms with E-state index >= 15 is 0 Å². The van der Waals surface area contributed by atoms with Crippen molar-refractivity contribution in [1.82, 2.24) is 5.32 Å². The van der Waals surface area contributed by atoms with Crippen LogP contribution < -0.4 is 5.32 Å². The quantitative estimate of drug-likeness (QED) is 0.689. The fourth-order valence-electron chi connectivity index (χ4n) is 1.34. The molecule has 0 aromatic carbocycles. The van der Waals surface area contributed by atoms with E-state index in [-0.39, 0.29) is 5.54 Å². The van der Waals surface area contributed by atoms with E-state index in [0.29, 0.717) is 5.92 Å². The number of ether oxygens (including phenoxy) is 1. The van der Waals surface area contributed by atoms with Crippen LogP contribution in [0.5, 0.6) is 0 Å². The molecular formula is C11H25NO. The van der Waals surface area contributed by atoms with Crippen molar-refractivity contribution in [2.75, 3.05) is 20.3 Å². The summed E-state index contributed by atoms with van der Waals surface area (Å²) in [4.78, 5) is 0. The maximum atomic E-state index is 5.18. The Morgan fingerprint density at radius 2 is 1.92 bits per heavy atom. The molecule has 2 nitrogen and oxygen atoms in total. The SMILES string of the molecule is CCCC(CNC(C)(C)C)COC. The maximum Gasteiger partial charge on any atom is 0.0502 e. The van der Waals surface area contributed by atoms with Crippen molar-refractivity contribution in [1.29, 1.82) is 0 Å². The minimum Gasteiger partial charge on any atom is -0.384 e. The topological polar surface area (TPSA) is 21.3 Å². The molecule has 0 rings (SSSR count). The molecule has 2 heteroatoms. The van der Waals surface area contributed by atoms with Crippen LogP contribution in [0.3, 0.4) is 0 Å². The Kier molecular flexibility index (Phi) is 6.35. The number of rotatable bonds is 6. The second kappa shape index (κ2) is 6.39. The van der Waals surface area contributed by atoms with E-state index in [9.17, 15) is 0 Å². The van der Waals surface area contributed by atoms with Crippen LogP contribution in [0.2, 0.25) is 0 Å². The minimum atomic E-state index is 0.222. The van der Waals surface area contributed by atoms with Gasteiger partial charge in [-0.25, -0.2) is 0 Å². The summed E-state index contributed by atoms with van der Waals surface area (Å²) in [6.07, 6.45) is 2.48. The molecule has 0 heterocycles. The predicted molar refractivity (Wildman–Crippen MR) is 58.0 cm³/mol. The molecule has 0 aromatic heterocycles. The highest BCUT2D eigenvalue weighted by molar-refractivity contribution is 4.73. The summed E-state index contributed by atoms with van der Waals surface area (Å²) in [6, 6.07) is 0. The summed E-state index contributed by atoms with van der Waals surface area (Å²) in [5.41, 5.74) is 0.222. The van der Waals surface area contributed by atoms with Crippen molar-refractivity contribution in [2.45, 2.75) is 46.1 Å². The lowest BCUT2D eigenvalue weighted by atomic mass is 10.0. The molecule has 0 fully saturated rings. The van der Waals surface area contributed by atoms with E-state index in [1.165, 1.54) is 12.8 Å². The second-order valence-corrected chi connectivity index (χ2v) is 4.74. The van der Waals surface area contributed by atoms with Gasteiger partial charge in [-0.3, -0.25) is 0 Å². The van der Waals surface area contributed by atoms with Gasteiger partial charge in [0.15, 0.2) is 0 Å². The van der Waals surface area contributed by atoms with Crippen LogP contribution in [-0.4, -0.2) is 25.8 Å². The molecule has 0 radical (unpaired) electrons. The zero-order chi connectivity index (χ0) is 10.3. The molecule has 0 saturated carbocycles. The predicted octanol–water partition coefficient (Wildman–Crippen LogP) is 2.44. The molecule has 0 aliphatic rings. The second-order valence-electron chi connectivity index (χ2n) is 4.74. The van der Waals surface area contributed by atoms with Crippen molar-refractivity contribution in [3.05, 3.63) is 0 Å². The Morgan fingerprint density at radius 3 is 2.31 bits per heavy atom. The fourth-order valence-corrected chi connectivity index (χ4v) is 1.34. The first-order valence-electron chi connectivity index (χ1n) is 5.23. The van der Waals surface area contributed by atoms with E-state index in [1.807, 2.05) is 0 Å². The van der Waals surface area contributed by atoms with Crippen molar-refractivity contribution < 1.29 is 4.74 Å². The van der Waals surface area contributed by atoms with Gasteiger partial charge in [-0.15, -0.1) is 0 Å². The molecule has 0 aliphatic carbocycles. The molecule has 0 aliphatic heterocycles. The molecular weight excluding hydrogens is 162 g/mol. The summed E-state index contributed by atoms with van der Waals surface area (Å²) in [5.74, 6) is 0.661. The first kappa shape index (κ1) is 12.9. The Hall–Kier alpha value is -0.0800. The normalized spacial score (nSPS) is 14.5. The molecule has 1 unspecified atom stereocenters. The van der Waals surface area contributed by atoms with Gasteiger partial charge in [-0.1, -0.05) is 13.3 Å². The molecule has 0 amide bonds. The average molecular weight is 187 g/mol. The van der Waals surface area contributed by atoms with Crippen LogP contribution in [0.25, 0.3) is 0 Å². The standard InChI is InChI=1S/C11H25NO/c1-6-7-10(9-13-5)8-12-11(2,3)4/h10,12H,6-9H2,1-5H3. The highest BCUT2D eigenvalue weighted by Gasteiger charge is 2.13. The van der Waals surface area contributed by atoms with Crippen molar-refractivity contribution in [2.24, 2.45) is 5.92 Å². The smallest absolute Gasteiger partial charge is 0.0502 e. The highest BCUT2D eigenvalue weighted by atomic mass is 16.5. The minimum absolute atomic E-state index is 0.222. The lowest BCUT2D eigenvalue weighted by Gasteiger charge is -2.24. The van der Waals surface area contributed by atoms with E-state index in [2.05, 4.69) is 33.0 Å². The van der Waals surface area contributed by atoms with Crippen molar-refractivity contribution >= 4 is 0 Å². The van der Waals surface area contributed by atoms with Gasteiger partial charge in [-0.05, 0) is 33.1 Å². The summed E-state index contributed by atoms with van der Waals surface area (Å²) in [6.45, 7) is 10.7. The van der Waals surface area contributed by atoms with E-state index < -0.39 is 0 Å². The van der Waals surface area contributed by atoms with Gasteiger partial charge in [-0.2, -0.15) is 0 Å². The molecule has 1 atom stereocenters. The number of methoxy groups -OCH3 is 1. The lowest BCUT2D eigenvalue weighted by molar-refractivity contribution is 0.142. The van der Waals surface area contributed by atoms with Crippen LogP contribution in [0, 0.1) is 5.92 Å². The summed E-state index contributed by atoms with van der Waals surface area (Å²) < 4.78 is 5.18. The van der Waals surface area contributed by atoms with E-state index in [4.69, 9.17) is 4.74 Å². The summed E-state index contributed by atoms with van der Waals surface area (Å²) >= 11 is 0. The van der Waals surface area contributed by atoms with Crippen LogP contribution in [-0.2, 0) is 4.74 Å². The Labute approximate surface area is 83.1 Å². The van der Waals surface area contributed by atoms with Gasteiger partial charge in [0, 0.05) is 19.2 Å². The van der Waals surface area contributed by atoms with Gasteiger partial charge in [0.1, 0.15) is 0 Å². The Bertz CT molecular complexity index is 112. The summed E-state index contributed by atoms with van der Waals surface area (Å²) in [5, 5.41) is 3.51. The molecule has 1 N–H and O–H groups in total. The zero-order valence-corrected chi connectivity index (χ0v) is 9.81. The third-order valence-corrected chi connectivity index (χ3v) is 2.02. The van der Waals surface area contributed by atoms with Crippen LogP contribution in [0.15, 0.2) is 0 Å².